The van der Waals surface area contributed by atoms with E-state index in [4.69, 9.17) is 0 Å². The minimum Gasteiger partial charge on any atom is -0.512 e. The van der Waals surface area contributed by atoms with E-state index in [2.05, 4.69) is 0 Å². The van der Waals surface area contributed by atoms with Crippen molar-refractivity contribution in [3.63, 3.8) is 0 Å². The lowest BCUT2D eigenvalue weighted by Crippen LogP contribution is -2.16. The first-order valence-electron chi connectivity index (χ1n) is 6.18. The van der Waals surface area contributed by atoms with Gasteiger partial charge in [-0.1, -0.05) is 20.8 Å². The van der Waals surface area contributed by atoms with Gasteiger partial charge in [0.25, 0.3) is 0 Å². The number of aliphatic hydroxyl groups is 1. The van der Waals surface area contributed by atoms with Crippen molar-refractivity contribution in [2.75, 3.05) is 0 Å². The smallest absolute Gasteiger partial charge is 0.239 e. The van der Waals surface area contributed by atoms with Crippen LogP contribution in [0.4, 0.5) is 8.78 Å². The fourth-order valence-electron chi connectivity index (χ4n) is 1.79. The van der Waals surface area contributed by atoms with Crippen molar-refractivity contribution < 1.29 is 18.7 Å². The van der Waals surface area contributed by atoms with E-state index in [1.165, 1.54) is 0 Å². The molecule has 0 saturated heterocycles. The van der Waals surface area contributed by atoms with Crippen LogP contribution >= 0.6 is 0 Å². The van der Waals surface area contributed by atoms with Gasteiger partial charge in [0.1, 0.15) is 0 Å². The van der Waals surface area contributed by atoms with Gasteiger partial charge in [0.05, 0.1) is 5.76 Å². The molecule has 0 bridgehead atoms. The molecule has 1 unspecified atom stereocenters. The summed E-state index contributed by atoms with van der Waals surface area (Å²) in [7, 11) is 0. The van der Waals surface area contributed by atoms with Crippen LogP contribution in [0.1, 0.15) is 46.5 Å². The van der Waals surface area contributed by atoms with E-state index in [1.807, 2.05) is 13.8 Å². The van der Waals surface area contributed by atoms with E-state index in [0.717, 1.165) is 18.9 Å². The largest absolute Gasteiger partial charge is 0.512 e. The van der Waals surface area contributed by atoms with Crippen molar-refractivity contribution in [3.05, 3.63) is 11.8 Å². The molecule has 0 radical (unpaired) electrons. The Morgan fingerprint density at radius 3 is 1.94 bits per heavy atom. The molecule has 0 aromatic carbocycles. The molecule has 0 saturated carbocycles. The highest BCUT2D eigenvalue weighted by Gasteiger charge is 2.21. The van der Waals surface area contributed by atoms with Gasteiger partial charge < -0.3 is 5.11 Å². The Hall–Kier alpha value is -0.930. The van der Waals surface area contributed by atoms with Crippen LogP contribution in [0, 0.1) is 11.8 Å². The number of carbonyl (C=O) groups is 1. The van der Waals surface area contributed by atoms with Crippen molar-refractivity contribution in [1.29, 1.82) is 0 Å². The van der Waals surface area contributed by atoms with Crippen molar-refractivity contribution in [1.82, 2.24) is 0 Å². The maximum absolute atomic E-state index is 12.2. The van der Waals surface area contributed by atoms with Gasteiger partial charge in [-0.3, -0.25) is 4.79 Å². The van der Waals surface area contributed by atoms with E-state index in [1.54, 1.807) is 6.92 Å². The SMILES string of the molecule is CCC(CC(F)F)C(=O)/C=C(\O)C(CC)CC. The van der Waals surface area contributed by atoms with Crippen LogP contribution in [0.5, 0.6) is 0 Å². The van der Waals surface area contributed by atoms with E-state index >= 15 is 0 Å². The molecule has 1 atom stereocenters. The third-order valence-corrected chi connectivity index (χ3v) is 3.05. The van der Waals surface area contributed by atoms with Crippen LogP contribution in [0.2, 0.25) is 0 Å². The molecule has 0 heterocycles. The van der Waals surface area contributed by atoms with Gasteiger partial charge in [-0.2, -0.15) is 0 Å². The molecular weight excluding hydrogens is 226 g/mol. The molecule has 0 fully saturated rings. The van der Waals surface area contributed by atoms with Crippen molar-refractivity contribution in [2.45, 2.75) is 52.9 Å². The zero-order chi connectivity index (χ0) is 13.4. The van der Waals surface area contributed by atoms with Crippen LogP contribution in [0.15, 0.2) is 11.8 Å². The molecule has 17 heavy (non-hydrogen) atoms. The molecule has 2 nitrogen and oxygen atoms in total. The Labute approximate surface area is 102 Å². The highest BCUT2D eigenvalue weighted by Crippen LogP contribution is 2.20. The Morgan fingerprint density at radius 1 is 1.12 bits per heavy atom. The second kappa shape index (κ2) is 8.20. The number of aliphatic hydroxyl groups excluding tert-OH is 1. The third-order valence-electron chi connectivity index (χ3n) is 3.05. The fraction of sp³-hybridized carbons (Fsp3) is 0.769. The van der Waals surface area contributed by atoms with Gasteiger partial charge in [0.15, 0.2) is 5.78 Å². The molecule has 1 N–H and O–H groups in total. The Morgan fingerprint density at radius 2 is 1.59 bits per heavy atom. The molecule has 0 amide bonds. The van der Waals surface area contributed by atoms with E-state index in [-0.39, 0.29) is 11.7 Å². The van der Waals surface area contributed by atoms with Crippen LogP contribution < -0.4 is 0 Å². The zero-order valence-electron chi connectivity index (χ0n) is 10.7. The number of ketones is 1. The summed E-state index contributed by atoms with van der Waals surface area (Å²) in [5.74, 6) is -1.11. The first-order valence-corrected chi connectivity index (χ1v) is 6.18. The first-order chi connectivity index (χ1) is 7.96. The number of alkyl halides is 2. The third kappa shape index (κ3) is 5.80. The Bertz CT molecular complexity index is 258. The monoisotopic (exact) mass is 248 g/mol. The second-order valence-electron chi connectivity index (χ2n) is 4.22. The highest BCUT2D eigenvalue weighted by molar-refractivity contribution is 5.92. The molecule has 0 aliphatic rings. The first kappa shape index (κ1) is 16.1. The second-order valence-corrected chi connectivity index (χ2v) is 4.22. The lowest BCUT2D eigenvalue weighted by Gasteiger charge is -2.14. The molecular formula is C13H22F2O2. The summed E-state index contributed by atoms with van der Waals surface area (Å²) in [6, 6.07) is 0. The molecule has 0 spiro atoms. The topological polar surface area (TPSA) is 37.3 Å². The van der Waals surface area contributed by atoms with Crippen molar-refractivity contribution >= 4 is 5.78 Å². The minimum atomic E-state index is -2.48. The quantitative estimate of drug-likeness (QED) is 0.518. The van der Waals surface area contributed by atoms with Gasteiger partial charge in [-0.15, -0.1) is 0 Å². The Balaban J connectivity index is 4.62. The predicted octanol–water partition coefficient (Wildman–Crippen LogP) is 4.12. The van der Waals surface area contributed by atoms with Crippen LogP contribution in [-0.4, -0.2) is 17.3 Å². The van der Waals surface area contributed by atoms with Crippen LogP contribution in [-0.2, 0) is 4.79 Å². The van der Waals surface area contributed by atoms with Gasteiger partial charge >= 0.3 is 0 Å². The van der Waals surface area contributed by atoms with Gasteiger partial charge in [0, 0.05) is 24.3 Å². The average Bonchev–Trinajstić information content (AvgIpc) is 2.26. The number of hydrogen-bond donors (Lipinski definition) is 1. The lowest BCUT2D eigenvalue weighted by molar-refractivity contribution is -0.119. The zero-order valence-corrected chi connectivity index (χ0v) is 10.7. The summed E-state index contributed by atoms with van der Waals surface area (Å²) >= 11 is 0. The van der Waals surface area contributed by atoms with Crippen LogP contribution in [0.3, 0.4) is 0 Å². The van der Waals surface area contributed by atoms with Gasteiger partial charge in [-0.05, 0) is 19.3 Å². The summed E-state index contributed by atoms with van der Waals surface area (Å²) in [6.07, 6.45) is 0.0642. The minimum absolute atomic E-state index is 0.0210. The summed E-state index contributed by atoms with van der Waals surface area (Å²) in [4.78, 5) is 11.7. The maximum atomic E-state index is 12.2. The van der Waals surface area contributed by atoms with E-state index in [0.29, 0.717) is 6.42 Å². The molecule has 0 aromatic rings. The number of allylic oxidation sites excluding steroid dienone is 2. The highest BCUT2D eigenvalue weighted by atomic mass is 19.3. The van der Waals surface area contributed by atoms with E-state index in [9.17, 15) is 18.7 Å². The van der Waals surface area contributed by atoms with Crippen molar-refractivity contribution in [3.8, 4) is 0 Å². The van der Waals surface area contributed by atoms with Crippen LogP contribution in [0.25, 0.3) is 0 Å². The fourth-order valence-corrected chi connectivity index (χ4v) is 1.79. The predicted molar refractivity (Wildman–Crippen MR) is 64.2 cm³/mol. The number of hydrogen-bond acceptors (Lipinski definition) is 2. The number of rotatable bonds is 8. The van der Waals surface area contributed by atoms with Gasteiger partial charge in [-0.25, -0.2) is 8.78 Å². The normalized spacial score (nSPS) is 14.4. The number of halogens is 2. The molecule has 4 heteroatoms. The molecule has 0 rings (SSSR count). The lowest BCUT2D eigenvalue weighted by atomic mass is 9.94. The van der Waals surface area contributed by atoms with Crippen molar-refractivity contribution in [2.24, 2.45) is 11.8 Å². The summed E-state index contributed by atoms with van der Waals surface area (Å²) in [5, 5.41) is 9.71. The molecule has 100 valence electrons. The molecule has 0 aromatic heterocycles. The summed E-state index contributed by atoms with van der Waals surface area (Å²) in [6.45, 7) is 5.53. The molecule has 0 aliphatic carbocycles. The molecule has 0 aliphatic heterocycles. The summed E-state index contributed by atoms with van der Waals surface area (Å²) < 4.78 is 24.5. The summed E-state index contributed by atoms with van der Waals surface area (Å²) in [5.41, 5.74) is 0. The van der Waals surface area contributed by atoms with Gasteiger partial charge in [0.2, 0.25) is 6.43 Å². The number of carbonyl (C=O) groups excluding carboxylic acids is 1. The average molecular weight is 248 g/mol. The standard InChI is InChI=1S/C13H22F2O2/c1-4-9(5-2)11(16)8-12(17)10(6-3)7-13(14)15/h8-10,13,16H,4-7H2,1-3H3/b11-8-. The maximum Gasteiger partial charge on any atom is 0.239 e. The van der Waals surface area contributed by atoms with E-state index < -0.39 is 24.5 Å². The Kier molecular flexibility index (Phi) is 7.75.